The van der Waals surface area contributed by atoms with Crippen molar-refractivity contribution in [2.45, 2.75) is 25.8 Å². The molecule has 1 atom stereocenters. The second-order valence-corrected chi connectivity index (χ2v) is 3.19. The van der Waals surface area contributed by atoms with E-state index in [2.05, 4.69) is 4.74 Å². The lowest BCUT2D eigenvalue weighted by Gasteiger charge is -2.22. The van der Waals surface area contributed by atoms with E-state index in [1.165, 1.54) is 11.8 Å². The van der Waals surface area contributed by atoms with Crippen molar-refractivity contribution in [3.05, 3.63) is 0 Å². The van der Waals surface area contributed by atoms with Gasteiger partial charge in [-0.2, -0.15) is 0 Å². The van der Waals surface area contributed by atoms with Crippen LogP contribution < -0.4 is 11.3 Å². The van der Waals surface area contributed by atoms with Crippen LogP contribution in [0.25, 0.3) is 0 Å². The van der Waals surface area contributed by atoms with Crippen molar-refractivity contribution in [1.29, 1.82) is 0 Å². The molecular weight excluding hydrogens is 202 g/mol. The van der Waals surface area contributed by atoms with Crippen molar-refractivity contribution < 1.29 is 19.1 Å². The molecule has 0 radical (unpaired) electrons. The summed E-state index contributed by atoms with van der Waals surface area (Å²) in [6, 6.07) is -0.637. The lowest BCUT2D eigenvalue weighted by atomic mass is 10.2. The topological polar surface area (TPSA) is 102 Å². The molecule has 1 heterocycles. The van der Waals surface area contributed by atoms with E-state index in [0.29, 0.717) is 6.42 Å². The van der Waals surface area contributed by atoms with Crippen molar-refractivity contribution >= 4 is 17.8 Å². The van der Waals surface area contributed by atoms with Crippen molar-refractivity contribution in [1.82, 2.24) is 10.3 Å². The van der Waals surface area contributed by atoms with Gasteiger partial charge in [0.25, 0.3) is 5.91 Å². The molecule has 1 aliphatic rings. The standard InChI is InChI=1S/C8H13N3O4/c1-5(12)15-4-11-6(8(14)10-9)2-3-7(11)13/h6H,2-4,9H2,1H3,(H,10,14). The van der Waals surface area contributed by atoms with Crippen molar-refractivity contribution in [3.8, 4) is 0 Å². The van der Waals surface area contributed by atoms with Gasteiger partial charge in [0.1, 0.15) is 6.04 Å². The predicted molar refractivity (Wildman–Crippen MR) is 48.8 cm³/mol. The molecule has 1 rings (SSSR count). The van der Waals surface area contributed by atoms with E-state index in [9.17, 15) is 14.4 Å². The molecule has 0 saturated carbocycles. The van der Waals surface area contributed by atoms with Crippen molar-refractivity contribution in [2.75, 3.05) is 6.73 Å². The molecule has 0 aromatic rings. The lowest BCUT2D eigenvalue weighted by Crippen LogP contribution is -2.47. The summed E-state index contributed by atoms with van der Waals surface area (Å²) < 4.78 is 4.67. The molecule has 7 heteroatoms. The number of hydrogen-bond donors (Lipinski definition) is 2. The molecule has 0 spiro atoms. The summed E-state index contributed by atoms with van der Waals surface area (Å²) in [5.74, 6) is 3.80. The van der Waals surface area contributed by atoms with E-state index in [1.807, 2.05) is 5.43 Å². The third kappa shape index (κ3) is 2.66. The molecule has 0 aromatic heterocycles. The van der Waals surface area contributed by atoms with Gasteiger partial charge in [-0.1, -0.05) is 0 Å². The van der Waals surface area contributed by atoms with Crippen molar-refractivity contribution in [2.24, 2.45) is 5.84 Å². The van der Waals surface area contributed by atoms with Gasteiger partial charge in [-0.25, -0.2) is 5.84 Å². The van der Waals surface area contributed by atoms with Crippen LogP contribution in [-0.2, 0) is 19.1 Å². The maximum Gasteiger partial charge on any atom is 0.304 e. The number of amides is 2. The Bertz CT molecular complexity index is 292. The number of rotatable bonds is 3. The van der Waals surface area contributed by atoms with Crippen LogP contribution in [0.15, 0.2) is 0 Å². The van der Waals surface area contributed by atoms with Gasteiger partial charge in [-0.3, -0.25) is 24.7 Å². The summed E-state index contributed by atoms with van der Waals surface area (Å²) in [6.07, 6.45) is 0.655. The molecule has 1 unspecified atom stereocenters. The highest BCUT2D eigenvalue weighted by atomic mass is 16.5. The number of nitrogens with zero attached hydrogens (tertiary/aromatic N) is 1. The number of carbonyl (C=O) groups is 3. The van der Waals surface area contributed by atoms with Crippen LogP contribution in [0.2, 0.25) is 0 Å². The van der Waals surface area contributed by atoms with E-state index in [-0.39, 0.29) is 19.1 Å². The Kier molecular flexibility index (Phi) is 3.62. The number of hydrogen-bond acceptors (Lipinski definition) is 5. The van der Waals surface area contributed by atoms with Gasteiger partial charge in [0.2, 0.25) is 5.91 Å². The van der Waals surface area contributed by atoms with Gasteiger partial charge in [0, 0.05) is 13.3 Å². The van der Waals surface area contributed by atoms with Crippen molar-refractivity contribution in [3.63, 3.8) is 0 Å². The molecule has 0 aliphatic carbocycles. The molecule has 1 aliphatic heterocycles. The number of esters is 1. The summed E-state index contributed by atoms with van der Waals surface area (Å²) in [6.45, 7) is 1.03. The molecule has 1 saturated heterocycles. The van der Waals surface area contributed by atoms with Gasteiger partial charge in [-0.05, 0) is 6.42 Å². The van der Waals surface area contributed by atoms with Gasteiger partial charge in [0.15, 0.2) is 6.73 Å². The predicted octanol–water partition coefficient (Wildman–Crippen LogP) is -1.51. The monoisotopic (exact) mass is 215 g/mol. The molecule has 15 heavy (non-hydrogen) atoms. The van der Waals surface area contributed by atoms with Gasteiger partial charge in [0.05, 0.1) is 0 Å². The Morgan fingerprint density at radius 3 is 2.87 bits per heavy atom. The van der Waals surface area contributed by atoms with Crippen LogP contribution >= 0.6 is 0 Å². The van der Waals surface area contributed by atoms with Crippen LogP contribution in [0.5, 0.6) is 0 Å². The number of nitrogens with one attached hydrogen (secondary N) is 1. The molecule has 0 aromatic carbocycles. The Labute approximate surface area is 86.5 Å². The summed E-state index contributed by atoms with van der Waals surface area (Å²) in [5, 5.41) is 0. The van der Waals surface area contributed by atoms with E-state index >= 15 is 0 Å². The molecular formula is C8H13N3O4. The normalized spacial score (nSPS) is 20.3. The van der Waals surface area contributed by atoms with Crippen LogP contribution in [0.4, 0.5) is 0 Å². The molecule has 1 fully saturated rings. The quantitative estimate of drug-likeness (QED) is 0.258. The highest BCUT2D eigenvalue weighted by Crippen LogP contribution is 2.18. The summed E-state index contributed by atoms with van der Waals surface area (Å²) >= 11 is 0. The number of hydrazine groups is 1. The summed E-state index contributed by atoms with van der Waals surface area (Å²) in [4.78, 5) is 34.3. The molecule has 7 nitrogen and oxygen atoms in total. The Morgan fingerprint density at radius 2 is 2.33 bits per heavy atom. The SMILES string of the molecule is CC(=O)OCN1C(=O)CCC1C(=O)NN. The first kappa shape index (κ1) is 11.4. The zero-order chi connectivity index (χ0) is 11.4. The average molecular weight is 215 g/mol. The summed E-state index contributed by atoms with van der Waals surface area (Å²) in [5.41, 5.74) is 1.97. The van der Waals surface area contributed by atoms with Crippen LogP contribution in [-0.4, -0.2) is 35.5 Å². The number of nitrogens with two attached hydrogens (primary N) is 1. The Morgan fingerprint density at radius 1 is 1.67 bits per heavy atom. The third-order valence-corrected chi connectivity index (χ3v) is 2.18. The smallest absolute Gasteiger partial charge is 0.304 e. The molecule has 2 amide bonds. The van der Waals surface area contributed by atoms with Gasteiger partial charge < -0.3 is 4.74 Å². The second-order valence-electron chi connectivity index (χ2n) is 3.19. The fourth-order valence-corrected chi connectivity index (χ4v) is 1.42. The average Bonchev–Trinajstić information content (AvgIpc) is 2.55. The van der Waals surface area contributed by atoms with Crippen LogP contribution in [0.1, 0.15) is 19.8 Å². The minimum Gasteiger partial charge on any atom is -0.444 e. The largest absolute Gasteiger partial charge is 0.444 e. The van der Waals surface area contributed by atoms with Gasteiger partial charge in [-0.15, -0.1) is 0 Å². The maximum atomic E-state index is 11.3. The first-order valence-corrected chi connectivity index (χ1v) is 4.49. The zero-order valence-corrected chi connectivity index (χ0v) is 8.36. The number of ether oxygens (including phenoxy) is 1. The van der Waals surface area contributed by atoms with E-state index < -0.39 is 17.9 Å². The minimum absolute atomic E-state index is 0.202. The lowest BCUT2D eigenvalue weighted by molar-refractivity contribution is -0.153. The highest BCUT2D eigenvalue weighted by molar-refractivity contribution is 5.90. The van der Waals surface area contributed by atoms with Crippen LogP contribution in [0, 0.1) is 0 Å². The minimum atomic E-state index is -0.637. The van der Waals surface area contributed by atoms with E-state index in [0.717, 1.165) is 0 Å². The Balaban J connectivity index is 2.60. The first-order valence-electron chi connectivity index (χ1n) is 4.49. The third-order valence-electron chi connectivity index (χ3n) is 2.18. The number of likely N-dealkylation sites (tertiary alicyclic amines) is 1. The maximum absolute atomic E-state index is 11.3. The number of carbonyl (C=O) groups excluding carboxylic acids is 3. The van der Waals surface area contributed by atoms with Crippen LogP contribution in [0.3, 0.4) is 0 Å². The van der Waals surface area contributed by atoms with Gasteiger partial charge >= 0.3 is 5.97 Å². The van der Waals surface area contributed by atoms with E-state index in [1.54, 1.807) is 0 Å². The fraction of sp³-hybridized carbons (Fsp3) is 0.625. The fourth-order valence-electron chi connectivity index (χ4n) is 1.42. The Hall–Kier alpha value is -1.63. The molecule has 84 valence electrons. The van der Waals surface area contributed by atoms with E-state index in [4.69, 9.17) is 5.84 Å². The molecule has 0 bridgehead atoms. The second kappa shape index (κ2) is 4.74. The molecule has 3 N–H and O–H groups in total. The zero-order valence-electron chi connectivity index (χ0n) is 8.36. The highest BCUT2D eigenvalue weighted by Gasteiger charge is 2.36. The first-order chi connectivity index (χ1) is 7.06. The summed E-state index contributed by atoms with van der Waals surface area (Å²) in [7, 11) is 0.